The third kappa shape index (κ3) is 2.64. The molecule has 0 spiro atoms. The number of H-pyrrole nitrogens is 1. The second kappa shape index (κ2) is 6.03. The van der Waals surface area contributed by atoms with Crippen LogP contribution in [0.4, 0.5) is 5.82 Å². The summed E-state index contributed by atoms with van der Waals surface area (Å²) in [4.78, 5) is 11.8. The van der Waals surface area contributed by atoms with Crippen LogP contribution in [0.1, 0.15) is 25.5 Å². The maximum Gasteiger partial charge on any atom is 0.161 e. The summed E-state index contributed by atoms with van der Waals surface area (Å²) in [5, 5.41) is 4.55. The molecule has 4 rings (SSSR count). The quantitative estimate of drug-likeness (QED) is 0.768. The van der Waals surface area contributed by atoms with Crippen molar-refractivity contribution in [2.45, 2.75) is 19.9 Å². The molecule has 0 aliphatic carbocycles. The zero-order valence-corrected chi connectivity index (χ0v) is 13.7. The van der Waals surface area contributed by atoms with Gasteiger partial charge in [-0.1, -0.05) is 19.9 Å². The van der Waals surface area contributed by atoms with Crippen LogP contribution in [0.3, 0.4) is 0 Å². The van der Waals surface area contributed by atoms with Gasteiger partial charge in [-0.2, -0.15) is 0 Å². The molecule has 3 aromatic rings. The second-order valence-electron chi connectivity index (χ2n) is 6.23. The molecule has 2 N–H and O–H groups in total. The number of benzene rings is 1. The number of ether oxygens (including phenoxy) is 2. The molecule has 2 aromatic heterocycles. The fourth-order valence-electron chi connectivity index (χ4n) is 3.02. The predicted molar refractivity (Wildman–Crippen MR) is 92.5 cm³/mol. The summed E-state index contributed by atoms with van der Waals surface area (Å²) in [5.41, 5.74) is 1.98. The first-order valence-corrected chi connectivity index (χ1v) is 8.16. The smallest absolute Gasteiger partial charge is 0.161 e. The predicted octanol–water partition coefficient (Wildman–Crippen LogP) is 3.54. The molecule has 0 radical (unpaired) electrons. The van der Waals surface area contributed by atoms with Crippen molar-refractivity contribution in [3.05, 3.63) is 42.4 Å². The van der Waals surface area contributed by atoms with Gasteiger partial charge in [-0.15, -0.1) is 0 Å². The van der Waals surface area contributed by atoms with Crippen LogP contribution in [-0.4, -0.2) is 28.2 Å². The molecule has 124 valence electrons. The number of rotatable bonds is 4. The van der Waals surface area contributed by atoms with Crippen LogP contribution >= 0.6 is 0 Å². The van der Waals surface area contributed by atoms with E-state index < -0.39 is 0 Å². The van der Waals surface area contributed by atoms with Gasteiger partial charge in [0.1, 0.15) is 31.0 Å². The van der Waals surface area contributed by atoms with E-state index in [0.717, 1.165) is 33.9 Å². The Hall–Kier alpha value is -2.76. The SMILES string of the molecule is CC(C)[C@@H](Nc1ncnc2[nH]ccc12)c1ccc2c(c1)OCCO2. The summed E-state index contributed by atoms with van der Waals surface area (Å²) in [6.45, 7) is 5.56. The standard InChI is InChI=1S/C18H20N4O2/c1-11(2)16(12-3-4-14-15(9-12)24-8-7-23-14)22-18-13-5-6-19-17(13)20-10-21-18/h3-6,9-11,16H,7-8H2,1-2H3,(H2,19,20,21,22)/t16-/m1/s1. The van der Waals surface area contributed by atoms with Gasteiger partial charge in [0.05, 0.1) is 11.4 Å². The molecule has 0 unspecified atom stereocenters. The van der Waals surface area contributed by atoms with Gasteiger partial charge in [-0.3, -0.25) is 0 Å². The van der Waals surface area contributed by atoms with E-state index in [1.54, 1.807) is 6.33 Å². The number of anilines is 1. The van der Waals surface area contributed by atoms with Crippen molar-refractivity contribution >= 4 is 16.9 Å². The van der Waals surface area contributed by atoms with Crippen molar-refractivity contribution in [2.24, 2.45) is 5.92 Å². The Morgan fingerprint density at radius 1 is 1.08 bits per heavy atom. The van der Waals surface area contributed by atoms with Crippen molar-refractivity contribution in [1.82, 2.24) is 15.0 Å². The highest BCUT2D eigenvalue weighted by atomic mass is 16.6. The van der Waals surface area contributed by atoms with Crippen LogP contribution in [0.2, 0.25) is 0 Å². The van der Waals surface area contributed by atoms with E-state index in [0.29, 0.717) is 19.1 Å². The average Bonchev–Trinajstić information content (AvgIpc) is 3.08. The molecular formula is C18H20N4O2. The van der Waals surface area contributed by atoms with E-state index in [4.69, 9.17) is 9.47 Å². The van der Waals surface area contributed by atoms with E-state index >= 15 is 0 Å². The summed E-state index contributed by atoms with van der Waals surface area (Å²) in [6.07, 6.45) is 3.45. The Kier molecular flexibility index (Phi) is 3.72. The molecular weight excluding hydrogens is 304 g/mol. The zero-order valence-electron chi connectivity index (χ0n) is 13.7. The van der Waals surface area contributed by atoms with Crippen molar-refractivity contribution in [1.29, 1.82) is 0 Å². The lowest BCUT2D eigenvalue weighted by Crippen LogP contribution is -2.19. The largest absolute Gasteiger partial charge is 0.486 e. The maximum atomic E-state index is 5.72. The van der Waals surface area contributed by atoms with E-state index in [2.05, 4.69) is 46.2 Å². The summed E-state index contributed by atoms with van der Waals surface area (Å²) in [7, 11) is 0. The monoisotopic (exact) mass is 324 g/mol. The average molecular weight is 324 g/mol. The molecule has 3 heterocycles. The molecule has 1 aliphatic heterocycles. The van der Waals surface area contributed by atoms with Crippen molar-refractivity contribution in [2.75, 3.05) is 18.5 Å². The number of nitrogens with one attached hydrogen (secondary N) is 2. The fraction of sp³-hybridized carbons (Fsp3) is 0.333. The van der Waals surface area contributed by atoms with Crippen LogP contribution in [0, 0.1) is 5.92 Å². The van der Waals surface area contributed by atoms with Crippen molar-refractivity contribution in [3.63, 3.8) is 0 Å². The number of aromatic nitrogens is 3. The summed E-state index contributed by atoms with van der Waals surface area (Å²) in [6, 6.07) is 8.21. The first-order chi connectivity index (χ1) is 11.7. The molecule has 6 heteroatoms. The van der Waals surface area contributed by atoms with Crippen LogP contribution in [0.25, 0.3) is 11.0 Å². The Bertz CT molecular complexity index is 859. The van der Waals surface area contributed by atoms with Crippen molar-refractivity contribution < 1.29 is 9.47 Å². The lowest BCUT2D eigenvalue weighted by molar-refractivity contribution is 0.171. The molecule has 1 aromatic carbocycles. The number of hydrogen-bond donors (Lipinski definition) is 2. The van der Waals surface area contributed by atoms with Crippen LogP contribution < -0.4 is 14.8 Å². The Morgan fingerprint density at radius 2 is 1.92 bits per heavy atom. The zero-order chi connectivity index (χ0) is 16.5. The van der Waals surface area contributed by atoms with Gasteiger partial charge >= 0.3 is 0 Å². The van der Waals surface area contributed by atoms with Gasteiger partial charge in [0.2, 0.25) is 0 Å². The summed E-state index contributed by atoms with van der Waals surface area (Å²) in [5.74, 6) is 2.81. The lowest BCUT2D eigenvalue weighted by atomic mass is 9.95. The number of aromatic amines is 1. The minimum Gasteiger partial charge on any atom is -0.486 e. The first-order valence-electron chi connectivity index (χ1n) is 8.16. The van der Waals surface area contributed by atoms with Gasteiger partial charge in [0, 0.05) is 6.20 Å². The molecule has 1 aliphatic rings. The molecule has 0 bridgehead atoms. The summed E-state index contributed by atoms with van der Waals surface area (Å²) < 4.78 is 11.3. The van der Waals surface area contributed by atoms with Crippen LogP contribution in [0.5, 0.6) is 11.5 Å². The van der Waals surface area contributed by atoms with E-state index in [1.807, 2.05) is 18.3 Å². The highest BCUT2D eigenvalue weighted by Gasteiger charge is 2.21. The Morgan fingerprint density at radius 3 is 2.75 bits per heavy atom. The molecule has 24 heavy (non-hydrogen) atoms. The van der Waals surface area contributed by atoms with Gasteiger partial charge in [-0.25, -0.2) is 9.97 Å². The minimum absolute atomic E-state index is 0.105. The molecule has 0 amide bonds. The highest BCUT2D eigenvalue weighted by molar-refractivity contribution is 5.86. The Balaban J connectivity index is 1.69. The van der Waals surface area contributed by atoms with Crippen LogP contribution in [0.15, 0.2) is 36.8 Å². The van der Waals surface area contributed by atoms with Gasteiger partial charge in [0.25, 0.3) is 0 Å². The fourth-order valence-corrected chi connectivity index (χ4v) is 3.02. The van der Waals surface area contributed by atoms with Gasteiger partial charge < -0.3 is 19.8 Å². The van der Waals surface area contributed by atoms with Crippen LogP contribution in [-0.2, 0) is 0 Å². The topological polar surface area (TPSA) is 72.1 Å². The maximum absolute atomic E-state index is 5.72. The van der Waals surface area contributed by atoms with E-state index in [1.165, 1.54) is 0 Å². The molecule has 0 saturated carbocycles. The van der Waals surface area contributed by atoms with Gasteiger partial charge in [-0.05, 0) is 29.7 Å². The molecule has 6 nitrogen and oxygen atoms in total. The third-order valence-corrected chi connectivity index (χ3v) is 4.24. The third-order valence-electron chi connectivity index (χ3n) is 4.24. The number of fused-ring (bicyclic) bond motifs is 2. The first kappa shape index (κ1) is 14.8. The summed E-state index contributed by atoms with van der Waals surface area (Å²) >= 11 is 0. The van der Waals surface area contributed by atoms with Crippen molar-refractivity contribution in [3.8, 4) is 11.5 Å². The number of hydrogen-bond acceptors (Lipinski definition) is 5. The molecule has 1 atom stereocenters. The second-order valence-corrected chi connectivity index (χ2v) is 6.23. The normalized spacial score (nSPS) is 14.8. The molecule has 0 fully saturated rings. The molecule has 0 saturated heterocycles. The number of nitrogens with zero attached hydrogens (tertiary/aromatic N) is 2. The van der Waals surface area contributed by atoms with E-state index in [9.17, 15) is 0 Å². The van der Waals surface area contributed by atoms with Gasteiger partial charge in [0.15, 0.2) is 11.5 Å². The lowest BCUT2D eigenvalue weighted by Gasteiger charge is -2.26. The van der Waals surface area contributed by atoms with E-state index in [-0.39, 0.29) is 6.04 Å². The minimum atomic E-state index is 0.105. The Labute approximate surface area is 140 Å². The highest BCUT2D eigenvalue weighted by Crippen LogP contribution is 2.36.